The van der Waals surface area contributed by atoms with Crippen molar-refractivity contribution in [2.75, 3.05) is 5.32 Å². The van der Waals surface area contributed by atoms with E-state index in [0.717, 1.165) is 11.6 Å². The molecule has 0 spiro atoms. The maximum Gasteiger partial charge on any atom is 0.124 e. The number of furan rings is 1. The zero-order valence-electron chi connectivity index (χ0n) is 9.72. The molecule has 1 saturated carbocycles. The Balaban J connectivity index is 0.00000108. The summed E-state index contributed by atoms with van der Waals surface area (Å²) in [5, 5.41) is 7.82. The standard InChI is InChI=1S/C12H15N3O.ClH/c1-15-12(7-11(14-15)9-4-5-9)13-8-10-3-2-6-16-10;/h2-3,6-7,9,13H,4-5,8H2,1H3;1H. The Kier molecular flexibility index (Phi) is 3.43. The minimum atomic E-state index is 0. The Morgan fingerprint density at radius 2 is 2.35 bits per heavy atom. The van der Waals surface area contributed by atoms with Crippen LogP contribution in [0.3, 0.4) is 0 Å². The first-order valence-corrected chi connectivity index (χ1v) is 5.63. The van der Waals surface area contributed by atoms with Crippen LogP contribution in [0.5, 0.6) is 0 Å². The Hall–Kier alpha value is -1.42. The maximum absolute atomic E-state index is 5.27. The first-order valence-electron chi connectivity index (χ1n) is 5.63. The predicted molar refractivity (Wildman–Crippen MR) is 68.5 cm³/mol. The van der Waals surface area contributed by atoms with Gasteiger partial charge in [0.15, 0.2) is 0 Å². The van der Waals surface area contributed by atoms with Crippen molar-refractivity contribution in [3.8, 4) is 0 Å². The number of rotatable bonds is 4. The quantitative estimate of drug-likeness (QED) is 0.911. The second-order valence-corrected chi connectivity index (χ2v) is 4.29. The van der Waals surface area contributed by atoms with E-state index in [1.54, 1.807) is 6.26 Å². The van der Waals surface area contributed by atoms with E-state index in [1.165, 1.54) is 18.5 Å². The van der Waals surface area contributed by atoms with Gasteiger partial charge in [0.05, 0.1) is 18.5 Å². The fourth-order valence-corrected chi connectivity index (χ4v) is 1.82. The van der Waals surface area contributed by atoms with Crippen molar-refractivity contribution >= 4 is 18.2 Å². The highest BCUT2D eigenvalue weighted by atomic mass is 35.5. The van der Waals surface area contributed by atoms with Crippen molar-refractivity contribution in [2.24, 2.45) is 7.05 Å². The van der Waals surface area contributed by atoms with Crippen molar-refractivity contribution in [2.45, 2.75) is 25.3 Å². The lowest BCUT2D eigenvalue weighted by molar-refractivity contribution is 0.517. The lowest BCUT2D eigenvalue weighted by Gasteiger charge is -2.03. The molecule has 2 aromatic rings. The molecular formula is C12H16ClN3O. The van der Waals surface area contributed by atoms with Crippen molar-refractivity contribution in [3.63, 3.8) is 0 Å². The van der Waals surface area contributed by atoms with E-state index in [2.05, 4.69) is 16.5 Å². The van der Waals surface area contributed by atoms with Crippen LogP contribution in [-0.4, -0.2) is 9.78 Å². The van der Waals surface area contributed by atoms with Gasteiger partial charge in [-0.2, -0.15) is 5.10 Å². The molecule has 0 aromatic carbocycles. The van der Waals surface area contributed by atoms with Gasteiger partial charge in [0.25, 0.3) is 0 Å². The first-order chi connectivity index (χ1) is 7.83. The molecule has 0 amide bonds. The average Bonchev–Trinajstić information content (AvgIpc) is 2.86. The number of hydrogen-bond acceptors (Lipinski definition) is 3. The van der Waals surface area contributed by atoms with E-state index in [-0.39, 0.29) is 12.4 Å². The van der Waals surface area contributed by atoms with E-state index < -0.39 is 0 Å². The van der Waals surface area contributed by atoms with E-state index in [4.69, 9.17) is 4.42 Å². The summed E-state index contributed by atoms with van der Waals surface area (Å²) < 4.78 is 7.17. The van der Waals surface area contributed by atoms with Crippen LogP contribution < -0.4 is 5.32 Å². The topological polar surface area (TPSA) is 43.0 Å². The molecule has 5 heteroatoms. The minimum absolute atomic E-state index is 0. The van der Waals surface area contributed by atoms with Gasteiger partial charge in [-0.3, -0.25) is 4.68 Å². The summed E-state index contributed by atoms with van der Waals surface area (Å²) in [6.07, 6.45) is 4.26. The van der Waals surface area contributed by atoms with Gasteiger partial charge in [0, 0.05) is 19.0 Å². The Bertz CT molecular complexity index is 474. The largest absolute Gasteiger partial charge is 0.467 e. The average molecular weight is 254 g/mol. The van der Waals surface area contributed by atoms with Crippen LogP contribution in [0.25, 0.3) is 0 Å². The van der Waals surface area contributed by atoms with E-state index in [0.29, 0.717) is 12.5 Å². The molecule has 3 rings (SSSR count). The summed E-state index contributed by atoms with van der Waals surface area (Å²) in [5.74, 6) is 2.69. The van der Waals surface area contributed by atoms with E-state index in [1.807, 2.05) is 23.9 Å². The van der Waals surface area contributed by atoms with Gasteiger partial charge in [-0.1, -0.05) is 0 Å². The Morgan fingerprint density at radius 1 is 1.53 bits per heavy atom. The highest BCUT2D eigenvalue weighted by Crippen LogP contribution is 2.39. The highest BCUT2D eigenvalue weighted by molar-refractivity contribution is 5.85. The van der Waals surface area contributed by atoms with Gasteiger partial charge in [0.1, 0.15) is 11.6 Å². The van der Waals surface area contributed by atoms with Crippen LogP contribution in [0.15, 0.2) is 28.9 Å². The van der Waals surface area contributed by atoms with Gasteiger partial charge in [-0.25, -0.2) is 0 Å². The third-order valence-corrected chi connectivity index (χ3v) is 2.92. The second-order valence-electron chi connectivity index (χ2n) is 4.29. The summed E-state index contributed by atoms with van der Waals surface area (Å²) in [7, 11) is 1.97. The molecule has 1 fully saturated rings. The van der Waals surface area contributed by atoms with Crippen molar-refractivity contribution in [1.29, 1.82) is 0 Å². The van der Waals surface area contributed by atoms with Crippen molar-refractivity contribution in [3.05, 3.63) is 35.9 Å². The van der Waals surface area contributed by atoms with Crippen LogP contribution >= 0.6 is 12.4 Å². The lowest BCUT2D eigenvalue weighted by Crippen LogP contribution is -2.03. The number of aryl methyl sites for hydroxylation is 1. The molecule has 0 radical (unpaired) electrons. The number of aromatic nitrogens is 2. The summed E-state index contributed by atoms with van der Waals surface area (Å²) in [6.45, 7) is 0.705. The number of halogens is 1. The SMILES string of the molecule is Cl.Cn1nc(C2CC2)cc1NCc1ccco1. The van der Waals surface area contributed by atoms with Crippen LogP contribution in [0.2, 0.25) is 0 Å². The van der Waals surface area contributed by atoms with Gasteiger partial charge >= 0.3 is 0 Å². The molecular weight excluding hydrogens is 238 g/mol. The molecule has 1 aliphatic rings. The normalized spacial score (nSPS) is 14.4. The van der Waals surface area contributed by atoms with Crippen LogP contribution in [-0.2, 0) is 13.6 Å². The minimum Gasteiger partial charge on any atom is -0.467 e. The lowest BCUT2D eigenvalue weighted by atomic mass is 10.3. The molecule has 0 atom stereocenters. The highest BCUT2D eigenvalue weighted by Gasteiger charge is 2.26. The summed E-state index contributed by atoms with van der Waals surface area (Å²) in [5.41, 5.74) is 1.21. The van der Waals surface area contributed by atoms with Gasteiger partial charge in [0.2, 0.25) is 0 Å². The van der Waals surface area contributed by atoms with Crippen molar-refractivity contribution in [1.82, 2.24) is 9.78 Å². The van der Waals surface area contributed by atoms with Crippen LogP contribution in [0.1, 0.15) is 30.2 Å². The first kappa shape index (κ1) is 12.0. The predicted octanol–water partition coefficient (Wildman–Crippen LogP) is 2.92. The molecule has 2 aromatic heterocycles. The van der Waals surface area contributed by atoms with Gasteiger partial charge in [-0.15, -0.1) is 12.4 Å². The zero-order chi connectivity index (χ0) is 11.0. The molecule has 2 heterocycles. The number of nitrogens with one attached hydrogen (secondary N) is 1. The fourth-order valence-electron chi connectivity index (χ4n) is 1.82. The Labute approximate surface area is 106 Å². The summed E-state index contributed by atoms with van der Waals surface area (Å²) >= 11 is 0. The third-order valence-electron chi connectivity index (χ3n) is 2.92. The molecule has 1 aliphatic carbocycles. The summed E-state index contributed by atoms with van der Waals surface area (Å²) in [4.78, 5) is 0. The monoisotopic (exact) mass is 253 g/mol. The van der Waals surface area contributed by atoms with Crippen molar-refractivity contribution < 1.29 is 4.42 Å². The number of hydrogen-bond donors (Lipinski definition) is 1. The molecule has 0 aliphatic heterocycles. The maximum atomic E-state index is 5.27. The number of nitrogens with zero attached hydrogens (tertiary/aromatic N) is 2. The third kappa shape index (κ3) is 2.64. The van der Waals surface area contributed by atoms with E-state index in [9.17, 15) is 0 Å². The van der Waals surface area contributed by atoms with Crippen LogP contribution in [0, 0.1) is 0 Å². The van der Waals surface area contributed by atoms with Gasteiger partial charge < -0.3 is 9.73 Å². The molecule has 4 nitrogen and oxygen atoms in total. The Morgan fingerprint density at radius 3 is 3.00 bits per heavy atom. The molecule has 1 N–H and O–H groups in total. The molecule has 17 heavy (non-hydrogen) atoms. The number of anilines is 1. The zero-order valence-corrected chi connectivity index (χ0v) is 10.5. The molecule has 92 valence electrons. The van der Waals surface area contributed by atoms with Crippen LogP contribution in [0.4, 0.5) is 5.82 Å². The fraction of sp³-hybridized carbons (Fsp3) is 0.417. The second kappa shape index (κ2) is 4.84. The molecule has 0 bridgehead atoms. The molecule has 0 saturated heterocycles. The summed E-state index contributed by atoms with van der Waals surface area (Å²) in [6, 6.07) is 6.00. The molecule has 0 unspecified atom stereocenters. The smallest absolute Gasteiger partial charge is 0.124 e. The van der Waals surface area contributed by atoms with E-state index >= 15 is 0 Å². The van der Waals surface area contributed by atoms with Gasteiger partial charge in [-0.05, 0) is 25.0 Å².